The first kappa shape index (κ1) is 17.7. The second-order valence-corrected chi connectivity index (χ2v) is 4.29. The second kappa shape index (κ2) is 8.45. The van der Waals surface area contributed by atoms with Gasteiger partial charge in [-0.3, -0.25) is 4.57 Å². The van der Waals surface area contributed by atoms with Gasteiger partial charge in [0, 0.05) is 19.5 Å². The summed E-state index contributed by atoms with van der Waals surface area (Å²) in [6.45, 7) is 0. The van der Waals surface area contributed by atoms with E-state index in [1.807, 2.05) is 0 Å². The third kappa shape index (κ3) is 10.6. The normalized spacial score (nSPS) is 10.0. The van der Waals surface area contributed by atoms with Crippen molar-refractivity contribution < 1.29 is 48.5 Å². The largest absolute Gasteiger partial charge is 0.356 e. The maximum absolute atomic E-state index is 10.5. The summed E-state index contributed by atoms with van der Waals surface area (Å²) in [4.78, 5) is 38.9. The molecule has 5 N–H and O–H groups in total. The molecular formula is C6H10O6P2Zn. The molecule has 1 aromatic carbocycles. The molecule has 0 saturated heterocycles. The molecule has 0 aliphatic heterocycles. The van der Waals surface area contributed by atoms with Crippen LogP contribution < -0.4 is 5.30 Å². The van der Waals surface area contributed by atoms with Crippen LogP contribution in [0, 0.1) is 0 Å². The number of hydrogen-bond acceptors (Lipinski definition) is 4. The molecule has 15 heavy (non-hydrogen) atoms. The SMILES string of the molecule is O=P(O)(O)c1ccccc1.OP(O)O.[Zn]. The van der Waals surface area contributed by atoms with Crippen LogP contribution in [0.1, 0.15) is 0 Å². The molecule has 0 bridgehead atoms. The monoisotopic (exact) mass is 304 g/mol. The van der Waals surface area contributed by atoms with Crippen molar-refractivity contribution in [2.45, 2.75) is 0 Å². The van der Waals surface area contributed by atoms with Gasteiger partial charge in [-0.2, -0.15) is 0 Å². The summed E-state index contributed by atoms with van der Waals surface area (Å²) >= 11 is 0. The standard InChI is InChI=1S/C6H7O3P.H3O3P.Zn/c7-10(8,9)6-4-2-1-3-5-6;1-4(2)3;/h1-5H,(H2,7,8,9);1-3H;. The molecule has 0 unspecified atom stereocenters. The van der Waals surface area contributed by atoms with Crippen LogP contribution in [0.2, 0.25) is 0 Å². The molecular weight excluding hydrogens is 295 g/mol. The third-order valence-electron chi connectivity index (χ3n) is 1.09. The van der Waals surface area contributed by atoms with Crippen LogP contribution in [0.4, 0.5) is 0 Å². The predicted octanol–water partition coefficient (Wildman–Crippen LogP) is -0.323. The quantitative estimate of drug-likeness (QED) is 0.358. The smallest absolute Gasteiger partial charge is 0.328 e. The third-order valence-corrected chi connectivity index (χ3v) is 2.06. The predicted molar refractivity (Wildman–Crippen MR) is 51.7 cm³/mol. The van der Waals surface area contributed by atoms with E-state index in [0.29, 0.717) is 0 Å². The zero-order chi connectivity index (χ0) is 11.2. The topological polar surface area (TPSA) is 118 Å². The summed E-state index contributed by atoms with van der Waals surface area (Å²) in [5.74, 6) is 0. The molecule has 0 atom stereocenters. The fourth-order valence-electron chi connectivity index (χ4n) is 0.622. The molecule has 0 aromatic heterocycles. The van der Waals surface area contributed by atoms with Crippen LogP contribution in [-0.2, 0) is 24.0 Å². The van der Waals surface area contributed by atoms with E-state index in [4.69, 9.17) is 24.5 Å². The van der Waals surface area contributed by atoms with E-state index in [1.54, 1.807) is 18.2 Å². The van der Waals surface area contributed by atoms with Gasteiger partial charge in [0.05, 0.1) is 5.30 Å². The summed E-state index contributed by atoms with van der Waals surface area (Å²) in [6.07, 6.45) is 0. The summed E-state index contributed by atoms with van der Waals surface area (Å²) in [5.41, 5.74) is 0. The average molecular weight is 305 g/mol. The Balaban J connectivity index is 0. The van der Waals surface area contributed by atoms with E-state index in [9.17, 15) is 4.57 Å². The van der Waals surface area contributed by atoms with Gasteiger partial charge in [0.25, 0.3) is 0 Å². The number of benzene rings is 1. The van der Waals surface area contributed by atoms with Gasteiger partial charge in [0.2, 0.25) is 0 Å². The first-order valence-electron chi connectivity index (χ1n) is 3.32. The maximum atomic E-state index is 10.5. The van der Waals surface area contributed by atoms with Crippen LogP contribution in [0.15, 0.2) is 30.3 Å². The summed E-state index contributed by atoms with van der Waals surface area (Å²) < 4.78 is 10.5. The van der Waals surface area contributed by atoms with Crippen molar-refractivity contribution >= 4 is 21.5 Å². The number of rotatable bonds is 1. The first-order valence-corrected chi connectivity index (χ1v) is 6.13. The summed E-state index contributed by atoms with van der Waals surface area (Å²) in [5, 5.41) is 0.0648. The maximum Gasteiger partial charge on any atom is 0.356 e. The van der Waals surface area contributed by atoms with Crippen molar-refractivity contribution in [3.63, 3.8) is 0 Å². The van der Waals surface area contributed by atoms with Crippen molar-refractivity contribution in [3.8, 4) is 0 Å². The van der Waals surface area contributed by atoms with E-state index >= 15 is 0 Å². The minimum Gasteiger partial charge on any atom is -0.328 e. The second-order valence-electron chi connectivity index (χ2n) is 2.15. The van der Waals surface area contributed by atoms with Gasteiger partial charge in [-0.25, -0.2) is 0 Å². The molecule has 1 rings (SSSR count). The summed E-state index contributed by atoms with van der Waals surface area (Å²) in [7, 11) is -6.64. The van der Waals surface area contributed by atoms with E-state index in [1.165, 1.54) is 12.1 Å². The molecule has 0 spiro atoms. The molecule has 82 valence electrons. The van der Waals surface area contributed by atoms with E-state index in [-0.39, 0.29) is 24.8 Å². The Morgan fingerprint density at radius 1 is 1.00 bits per heavy atom. The van der Waals surface area contributed by atoms with Gasteiger partial charge in [-0.1, -0.05) is 18.2 Å². The van der Waals surface area contributed by atoms with Crippen LogP contribution in [0.25, 0.3) is 0 Å². The van der Waals surface area contributed by atoms with Gasteiger partial charge >= 0.3 is 16.2 Å². The Hall–Kier alpha value is 0.303. The zero-order valence-electron chi connectivity index (χ0n) is 7.63. The van der Waals surface area contributed by atoms with Crippen molar-refractivity contribution in [3.05, 3.63) is 30.3 Å². The molecule has 0 radical (unpaired) electrons. The minimum atomic E-state index is -4.02. The molecule has 0 fully saturated rings. The molecule has 0 amide bonds. The van der Waals surface area contributed by atoms with Crippen LogP contribution >= 0.6 is 16.2 Å². The molecule has 9 heteroatoms. The minimum absolute atomic E-state index is 0. The van der Waals surface area contributed by atoms with Gasteiger partial charge in [0.1, 0.15) is 0 Å². The van der Waals surface area contributed by atoms with Crippen molar-refractivity contribution in [1.82, 2.24) is 0 Å². The average Bonchev–Trinajstić information content (AvgIpc) is 2.03. The molecule has 1 aromatic rings. The first-order chi connectivity index (χ1) is 6.34. The Morgan fingerprint density at radius 2 is 1.33 bits per heavy atom. The van der Waals surface area contributed by atoms with E-state index < -0.39 is 16.2 Å². The Labute approximate surface area is 101 Å². The molecule has 6 nitrogen and oxygen atoms in total. The van der Waals surface area contributed by atoms with Gasteiger partial charge < -0.3 is 24.5 Å². The fraction of sp³-hybridized carbons (Fsp3) is 0. The zero-order valence-corrected chi connectivity index (χ0v) is 12.4. The van der Waals surface area contributed by atoms with Crippen LogP contribution in [0.3, 0.4) is 0 Å². The molecule has 0 aliphatic carbocycles. The Bertz CT molecular complexity index is 297. The Kier molecular flexibility index (Phi) is 9.97. The van der Waals surface area contributed by atoms with Crippen molar-refractivity contribution in [1.29, 1.82) is 0 Å². The van der Waals surface area contributed by atoms with Crippen molar-refractivity contribution in [2.24, 2.45) is 0 Å². The van der Waals surface area contributed by atoms with Crippen molar-refractivity contribution in [2.75, 3.05) is 0 Å². The van der Waals surface area contributed by atoms with Crippen LogP contribution in [-0.4, -0.2) is 24.5 Å². The van der Waals surface area contributed by atoms with Gasteiger partial charge in [0.15, 0.2) is 0 Å². The summed E-state index contributed by atoms with van der Waals surface area (Å²) in [6, 6.07) is 7.70. The Morgan fingerprint density at radius 3 is 1.53 bits per heavy atom. The van der Waals surface area contributed by atoms with Crippen LogP contribution in [0.5, 0.6) is 0 Å². The van der Waals surface area contributed by atoms with Gasteiger partial charge in [-0.05, 0) is 12.1 Å². The molecule has 0 saturated carbocycles. The van der Waals surface area contributed by atoms with Gasteiger partial charge in [-0.15, -0.1) is 0 Å². The fourth-order valence-corrected chi connectivity index (χ4v) is 1.18. The van der Waals surface area contributed by atoms with E-state index in [2.05, 4.69) is 0 Å². The molecule has 0 heterocycles. The number of hydrogen-bond donors (Lipinski definition) is 5. The molecule has 0 aliphatic rings. The van der Waals surface area contributed by atoms with E-state index in [0.717, 1.165) is 0 Å².